The summed E-state index contributed by atoms with van der Waals surface area (Å²) >= 11 is 0. The molecule has 2 aromatic carbocycles. The van der Waals surface area contributed by atoms with E-state index in [0.717, 1.165) is 40.0 Å². The molecule has 0 unspecified atom stereocenters. The van der Waals surface area contributed by atoms with E-state index in [1.807, 2.05) is 17.9 Å². The minimum absolute atomic E-state index is 0.0102. The first-order valence-corrected chi connectivity index (χ1v) is 10.3. The molecule has 0 fully saturated rings. The van der Waals surface area contributed by atoms with Gasteiger partial charge in [-0.25, -0.2) is 4.98 Å². The molecule has 0 bridgehead atoms. The first kappa shape index (κ1) is 19.9. The van der Waals surface area contributed by atoms with Crippen molar-refractivity contribution in [2.24, 2.45) is 7.05 Å². The van der Waals surface area contributed by atoms with Gasteiger partial charge >= 0.3 is 0 Å². The summed E-state index contributed by atoms with van der Waals surface area (Å²) in [5.74, 6) is 0.923. The number of benzene rings is 2. The van der Waals surface area contributed by atoms with Gasteiger partial charge in [-0.05, 0) is 66.8 Å². The molecular weight excluding hydrogens is 374 g/mol. The van der Waals surface area contributed by atoms with E-state index >= 15 is 0 Å². The number of hydrogen-bond acceptors (Lipinski definition) is 3. The number of carbonyl (C=O) groups is 1. The van der Waals surface area contributed by atoms with Crippen LogP contribution in [0.3, 0.4) is 0 Å². The Hall–Kier alpha value is -3.41. The maximum absolute atomic E-state index is 13.1. The fourth-order valence-electron chi connectivity index (χ4n) is 3.81. The van der Waals surface area contributed by atoms with Crippen LogP contribution < -0.4 is 0 Å². The van der Waals surface area contributed by atoms with E-state index < -0.39 is 0 Å². The van der Waals surface area contributed by atoms with Gasteiger partial charge in [-0.2, -0.15) is 5.10 Å². The van der Waals surface area contributed by atoms with Crippen LogP contribution in [0, 0.1) is 13.8 Å². The Labute approximate surface area is 176 Å². The highest BCUT2D eigenvalue weighted by atomic mass is 16.2. The van der Waals surface area contributed by atoms with Gasteiger partial charge in [-0.15, -0.1) is 0 Å². The number of hydrogen-bond donors (Lipinski definition) is 1. The van der Waals surface area contributed by atoms with Crippen LogP contribution in [0.5, 0.6) is 0 Å². The molecule has 0 atom stereocenters. The zero-order valence-corrected chi connectivity index (χ0v) is 17.9. The van der Waals surface area contributed by atoms with Crippen LogP contribution in [-0.2, 0) is 13.6 Å². The Morgan fingerprint density at radius 2 is 1.87 bits per heavy atom. The largest absolute Gasteiger partial charge is 0.342 e. The normalized spacial score (nSPS) is 11.2. The third kappa shape index (κ3) is 3.85. The number of aromatic nitrogens is 4. The van der Waals surface area contributed by atoms with Gasteiger partial charge in [0.05, 0.1) is 11.0 Å². The van der Waals surface area contributed by atoms with Crippen LogP contribution in [0.2, 0.25) is 0 Å². The summed E-state index contributed by atoms with van der Waals surface area (Å²) in [6.07, 6.45) is 2.56. The van der Waals surface area contributed by atoms with Crippen LogP contribution in [0.25, 0.3) is 22.2 Å². The molecule has 0 saturated carbocycles. The molecule has 0 aliphatic carbocycles. The lowest BCUT2D eigenvalue weighted by molar-refractivity contribution is 0.0732. The molecule has 2 heterocycles. The lowest BCUT2D eigenvalue weighted by atomic mass is 9.99. The van der Waals surface area contributed by atoms with Crippen molar-refractivity contribution in [3.8, 4) is 11.1 Å². The molecule has 1 amide bonds. The second-order valence-electron chi connectivity index (χ2n) is 7.76. The third-order valence-corrected chi connectivity index (χ3v) is 5.46. The van der Waals surface area contributed by atoms with Crippen molar-refractivity contribution in [1.29, 1.82) is 0 Å². The second-order valence-corrected chi connectivity index (χ2v) is 7.76. The number of amides is 1. The molecule has 6 nitrogen and oxygen atoms in total. The monoisotopic (exact) mass is 401 g/mol. The summed E-state index contributed by atoms with van der Waals surface area (Å²) < 4.78 is 1.63. The highest BCUT2D eigenvalue weighted by Gasteiger charge is 2.19. The number of rotatable bonds is 6. The van der Waals surface area contributed by atoms with Crippen LogP contribution in [0.1, 0.15) is 40.8 Å². The summed E-state index contributed by atoms with van der Waals surface area (Å²) in [5, 5.41) is 4.15. The van der Waals surface area contributed by atoms with Gasteiger partial charge in [0.15, 0.2) is 0 Å². The molecule has 0 aliphatic heterocycles. The maximum atomic E-state index is 13.1. The molecule has 30 heavy (non-hydrogen) atoms. The van der Waals surface area contributed by atoms with E-state index in [-0.39, 0.29) is 5.91 Å². The van der Waals surface area contributed by atoms with Gasteiger partial charge < -0.3 is 9.88 Å². The zero-order chi connectivity index (χ0) is 21.3. The quantitative estimate of drug-likeness (QED) is 0.512. The van der Waals surface area contributed by atoms with E-state index in [1.54, 1.807) is 24.0 Å². The number of fused-ring (bicyclic) bond motifs is 1. The number of aromatic amines is 1. The maximum Gasteiger partial charge on any atom is 0.272 e. The molecule has 4 rings (SSSR count). The summed E-state index contributed by atoms with van der Waals surface area (Å²) in [6, 6.07) is 14.5. The molecule has 0 spiro atoms. The average molecular weight is 402 g/mol. The number of nitrogens with zero attached hydrogens (tertiary/aromatic N) is 4. The number of H-pyrrole nitrogens is 1. The molecule has 6 heteroatoms. The summed E-state index contributed by atoms with van der Waals surface area (Å²) in [7, 11) is 1.80. The molecule has 0 saturated heterocycles. The van der Waals surface area contributed by atoms with Crippen molar-refractivity contribution in [1.82, 2.24) is 24.6 Å². The van der Waals surface area contributed by atoms with Crippen molar-refractivity contribution < 1.29 is 4.79 Å². The van der Waals surface area contributed by atoms with Crippen molar-refractivity contribution in [3.05, 3.63) is 71.3 Å². The van der Waals surface area contributed by atoms with Crippen molar-refractivity contribution in [2.45, 2.75) is 33.7 Å². The second kappa shape index (κ2) is 8.14. The van der Waals surface area contributed by atoms with Crippen molar-refractivity contribution in [2.75, 3.05) is 6.54 Å². The van der Waals surface area contributed by atoms with E-state index in [0.29, 0.717) is 18.8 Å². The Morgan fingerprint density at radius 3 is 2.60 bits per heavy atom. The first-order chi connectivity index (χ1) is 14.5. The first-order valence-electron chi connectivity index (χ1n) is 10.3. The summed E-state index contributed by atoms with van der Waals surface area (Å²) in [4.78, 5) is 22.8. The molecule has 154 valence electrons. The number of aryl methyl sites for hydroxylation is 3. The standard InChI is InChI=1S/C24H27N5O/c1-5-12-29(24(30)23-10-11-25-28(23)4)15-20-13-18(7-6-16(20)2)19-8-9-21-22(14-19)27-17(3)26-21/h6-11,13-14H,5,12,15H2,1-4H3,(H,26,27). The van der Waals surface area contributed by atoms with Crippen LogP contribution in [0.4, 0.5) is 0 Å². The lowest BCUT2D eigenvalue weighted by Crippen LogP contribution is -2.33. The number of imidazole rings is 1. The predicted octanol–water partition coefficient (Wildman–Crippen LogP) is 4.63. The Morgan fingerprint density at radius 1 is 1.10 bits per heavy atom. The number of carbonyl (C=O) groups excluding carboxylic acids is 1. The lowest BCUT2D eigenvalue weighted by Gasteiger charge is -2.23. The van der Waals surface area contributed by atoms with Crippen LogP contribution >= 0.6 is 0 Å². The highest BCUT2D eigenvalue weighted by molar-refractivity contribution is 5.92. The highest BCUT2D eigenvalue weighted by Crippen LogP contribution is 2.26. The number of nitrogens with one attached hydrogen (secondary N) is 1. The third-order valence-electron chi connectivity index (χ3n) is 5.46. The fraction of sp³-hybridized carbons (Fsp3) is 0.292. The zero-order valence-electron chi connectivity index (χ0n) is 17.9. The molecule has 2 aromatic heterocycles. The Kier molecular flexibility index (Phi) is 5.40. The SMILES string of the molecule is CCCN(Cc1cc(-c2ccc3nc(C)[nH]c3c2)ccc1C)C(=O)c1ccnn1C. The van der Waals surface area contributed by atoms with E-state index in [9.17, 15) is 4.79 Å². The molecular formula is C24H27N5O. The molecule has 0 radical (unpaired) electrons. The van der Waals surface area contributed by atoms with Gasteiger partial charge in [-0.1, -0.05) is 25.1 Å². The Bertz CT molecular complexity index is 1200. The summed E-state index contributed by atoms with van der Waals surface area (Å²) in [6.45, 7) is 7.43. The van der Waals surface area contributed by atoms with E-state index in [4.69, 9.17) is 0 Å². The fourth-order valence-corrected chi connectivity index (χ4v) is 3.81. The van der Waals surface area contributed by atoms with Gasteiger partial charge in [0.1, 0.15) is 11.5 Å². The van der Waals surface area contributed by atoms with Crippen LogP contribution in [0.15, 0.2) is 48.7 Å². The molecule has 1 N–H and O–H groups in total. The van der Waals surface area contributed by atoms with Gasteiger partial charge in [0, 0.05) is 26.3 Å². The minimum atomic E-state index is 0.0102. The van der Waals surface area contributed by atoms with Gasteiger partial charge in [-0.3, -0.25) is 9.48 Å². The summed E-state index contributed by atoms with van der Waals surface area (Å²) in [5.41, 5.74) is 7.21. The Balaban J connectivity index is 1.65. The topological polar surface area (TPSA) is 66.8 Å². The van der Waals surface area contributed by atoms with Gasteiger partial charge in [0.25, 0.3) is 5.91 Å². The van der Waals surface area contributed by atoms with E-state index in [2.05, 4.69) is 59.2 Å². The van der Waals surface area contributed by atoms with Gasteiger partial charge in [0.2, 0.25) is 0 Å². The smallest absolute Gasteiger partial charge is 0.272 e. The molecule has 0 aliphatic rings. The predicted molar refractivity (Wildman–Crippen MR) is 119 cm³/mol. The minimum Gasteiger partial charge on any atom is -0.342 e. The van der Waals surface area contributed by atoms with E-state index in [1.165, 1.54) is 5.56 Å². The van der Waals surface area contributed by atoms with Crippen molar-refractivity contribution >= 4 is 16.9 Å². The van der Waals surface area contributed by atoms with Crippen molar-refractivity contribution in [3.63, 3.8) is 0 Å². The van der Waals surface area contributed by atoms with Crippen LogP contribution in [-0.4, -0.2) is 37.1 Å². The average Bonchev–Trinajstić information content (AvgIpc) is 3.32. The molecule has 4 aromatic rings.